The molecule has 17 heavy (non-hydrogen) atoms. The lowest BCUT2D eigenvalue weighted by Gasteiger charge is -2.15. The zero-order valence-corrected chi connectivity index (χ0v) is 10.4. The minimum atomic E-state index is -0.286. The van der Waals surface area contributed by atoms with E-state index in [9.17, 15) is 4.39 Å². The molecule has 0 saturated carbocycles. The highest BCUT2D eigenvalue weighted by molar-refractivity contribution is 5.32. The molecule has 1 atom stereocenters. The van der Waals surface area contributed by atoms with Crippen molar-refractivity contribution in [2.45, 2.75) is 26.4 Å². The van der Waals surface area contributed by atoms with Gasteiger partial charge in [0.25, 0.3) is 0 Å². The van der Waals surface area contributed by atoms with Crippen LogP contribution in [0.3, 0.4) is 0 Å². The van der Waals surface area contributed by atoms with Crippen LogP contribution in [0.4, 0.5) is 4.39 Å². The normalized spacial score (nSPS) is 12.5. The van der Waals surface area contributed by atoms with Gasteiger partial charge in [-0.1, -0.05) is 6.07 Å². The van der Waals surface area contributed by atoms with Crippen molar-refractivity contribution in [1.82, 2.24) is 0 Å². The van der Waals surface area contributed by atoms with E-state index < -0.39 is 0 Å². The molecule has 0 amide bonds. The van der Waals surface area contributed by atoms with Gasteiger partial charge in [0.2, 0.25) is 0 Å². The van der Waals surface area contributed by atoms with Gasteiger partial charge in [-0.15, -0.1) is 0 Å². The molecule has 1 rings (SSSR count). The van der Waals surface area contributed by atoms with Crippen LogP contribution in [0.15, 0.2) is 18.2 Å². The highest BCUT2D eigenvalue weighted by Gasteiger charge is 2.07. The standard InChI is InChI=1S/C13H20FNO2/c1-3-16-12(9-15)6-7-17-13-8-11(14)5-4-10(13)2/h4-5,8,12H,3,6-7,9,15H2,1-2H3. The average Bonchev–Trinajstić information content (AvgIpc) is 2.32. The van der Waals surface area contributed by atoms with E-state index in [-0.39, 0.29) is 11.9 Å². The molecule has 0 saturated heterocycles. The Morgan fingerprint density at radius 2 is 2.18 bits per heavy atom. The molecule has 0 heterocycles. The maximum atomic E-state index is 13.0. The molecule has 96 valence electrons. The molecule has 4 heteroatoms. The topological polar surface area (TPSA) is 44.5 Å². The zero-order valence-electron chi connectivity index (χ0n) is 10.4. The van der Waals surface area contributed by atoms with Gasteiger partial charge >= 0.3 is 0 Å². The second-order valence-electron chi connectivity index (χ2n) is 3.86. The third-order valence-electron chi connectivity index (χ3n) is 2.51. The molecule has 3 nitrogen and oxygen atoms in total. The Morgan fingerprint density at radius 3 is 2.82 bits per heavy atom. The number of rotatable bonds is 7. The minimum Gasteiger partial charge on any atom is -0.493 e. The molecule has 1 aromatic rings. The van der Waals surface area contributed by atoms with Crippen molar-refractivity contribution < 1.29 is 13.9 Å². The molecule has 2 N–H and O–H groups in total. The molecule has 0 radical (unpaired) electrons. The average molecular weight is 241 g/mol. The van der Waals surface area contributed by atoms with E-state index in [1.165, 1.54) is 12.1 Å². The molecule has 1 unspecified atom stereocenters. The Labute approximate surface area is 102 Å². The van der Waals surface area contributed by atoms with E-state index in [1.807, 2.05) is 13.8 Å². The number of ether oxygens (including phenoxy) is 2. The van der Waals surface area contributed by atoms with Gasteiger partial charge < -0.3 is 15.2 Å². The van der Waals surface area contributed by atoms with Crippen LogP contribution in [0.2, 0.25) is 0 Å². The van der Waals surface area contributed by atoms with E-state index in [0.29, 0.717) is 31.9 Å². The number of halogens is 1. The molecule has 0 aromatic heterocycles. The van der Waals surface area contributed by atoms with Gasteiger partial charge in [-0.2, -0.15) is 0 Å². The molecule has 0 aliphatic rings. The summed E-state index contributed by atoms with van der Waals surface area (Å²) in [4.78, 5) is 0. The van der Waals surface area contributed by atoms with E-state index in [0.717, 1.165) is 5.56 Å². The summed E-state index contributed by atoms with van der Waals surface area (Å²) in [7, 11) is 0. The van der Waals surface area contributed by atoms with Crippen molar-refractivity contribution in [3.05, 3.63) is 29.6 Å². The summed E-state index contributed by atoms with van der Waals surface area (Å²) in [6.07, 6.45) is 0.717. The van der Waals surface area contributed by atoms with Gasteiger partial charge in [0, 0.05) is 25.6 Å². The number of benzene rings is 1. The Kier molecular flexibility index (Phi) is 5.94. The number of hydrogen-bond donors (Lipinski definition) is 1. The van der Waals surface area contributed by atoms with Crippen molar-refractivity contribution in [3.8, 4) is 5.75 Å². The predicted molar refractivity (Wildman–Crippen MR) is 65.7 cm³/mol. The molecule has 1 aromatic carbocycles. The Morgan fingerprint density at radius 1 is 1.41 bits per heavy atom. The first kappa shape index (κ1) is 13.9. The number of hydrogen-bond acceptors (Lipinski definition) is 3. The second kappa shape index (κ2) is 7.25. The molecular weight excluding hydrogens is 221 g/mol. The summed E-state index contributed by atoms with van der Waals surface area (Å²) in [5.41, 5.74) is 6.48. The van der Waals surface area contributed by atoms with E-state index in [4.69, 9.17) is 15.2 Å². The lowest BCUT2D eigenvalue weighted by Crippen LogP contribution is -2.25. The fraction of sp³-hybridized carbons (Fsp3) is 0.538. The monoisotopic (exact) mass is 241 g/mol. The van der Waals surface area contributed by atoms with Gasteiger partial charge in [-0.05, 0) is 25.5 Å². The van der Waals surface area contributed by atoms with E-state index >= 15 is 0 Å². The SMILES string of the molecule is CCOC(CN)CCOc1cc(F)ccc1C. The van der Waals surface area contributed by atoms with Gasteiger partial charge in [-0.3, -0.25) is 0 Å². The van der Waals surface area contributed by atoms with Crippen molar-refractivity contribution in [3.63, 3.8) is 0 Å². The van der Waals surface area contributed by atoms with Crippen molar-refractivity contribution in [1.29, 1.82) is 0 Å². The Hall–Kier alpha value is -1.13. The zero-order chi connectivity index (χ0) is 12.7. The van der Waals surface area contributed by atoms with Crippen molar-refractivity contribution >= 4 is 0 Å². The first-order valence-corrected chi connectivity index (χ1v) is 5.88. The highest BCUT2D eigenvalue weighted by Crippen LogP contribution is 2.19. The summed E-state index contributed by atoms with van der Waals surface area (Å²) >= 11 is 0. The first-order chi connectivity index (χ1) is 8.17. The molecule has 0 fully saturated rings. The summed E-state index contributed by atoms with van der Waals surface area (Å²) < 4.78 is 23.9. The molecule has 0 spiro atoms. The molecule has 0 bridgehead atoms. The lowest BCUT2D eigenvalue weighted by atomic mass is 10.2. The van der Waals surface area contributed by atoms with Crippen LogP contribution in [-0.4, -0.2) is 25.9 Å². The summed E-state index contributed by atoms with van der Waals surface area (Å²) in [5.74, 6) is 0.294. The summed E-state index contributed by atoms with van der Waals surface area (Å²) in [6, 6.07) is 4.52. The minimum absolute atomic E-state index is 0.00821. The smallest absolute Gasteiger partial charge is 0.126 e. The van der Waals surface area contributed by atoms with Gasteiger partial charge in [-0.25, -0.2) is 4.39 Å². The third-order valence-corrected chi connectivity index (χ3v) is 2.51. The number of nitrogens with two attached hydrogens (primary N) is 1. The maximum Gasteiger partial charge on any atom is 0.126 e. The van der Waals surface area contributed by atoms with Crippen molar-refractivity contribution in [2.75, 3.05) is 19.8 Å². The quantitative estimate of drug-likeness (QED) is 0.796. The molecular formula is C13H20FNO2. The van der Waals surface area contributed by atoms with Crippen LogP contribution >= 0.6 is 0 Å². The fourth-order valence-electron chi connectivity index (χ4n) is 1.53. The summed E-state index contributed by atoms with van der Waals surface area (Å²) in [6.45, 7) is 5.41. The molecule has 0 aliphatic heterocycles. The third kappa shape index (κ3) is 4.71. The van der Waals surface area contributed by atoms with Crippen LogP contribution < -0.4 is 10.5 Å². The van der Waals surface area contributed by atoms with Gasteiger partial charge in [0.1, 0.15) is 11.6 Å². The number of aryl methyl sites for hydroxylation is 1. The second-order valence-corrected chi connectivity index (χ2v) is 3.86. The van der Waals surface area contributed by atoms with Crippen LogP contribution in [0, 0.1) is 12.7 Å². The lowest BCUT2D eigenvalue weighted by molar-refractivity contribution is 0.0526. The van der Waals surface area contributed by atoms with E-state index in [2.05, 4.69) is 0 Å². The van der Waals surface area contributed by atoms with Gasteiger partial charge in [0.15, 0.2) is 0 Å². The van der Waals surface area contributed by atoms with E-state index in [1.54, 1.807) is 6.07 Å². The Bertz CT molecular complexity index is 344. The fourth-order valence-corrected chi connectivity index (χ4v) is 1.53. The van der Waals surface area contributed by atoms with Crippen LogP contribution in [0.5, 0.6) is 5.75 Å². The maximum absolute atomic E-state index is 13.0. The highest BCUT2D eigenvalue weighted by atomic mass is 19.1. The van der Waals surface area contributed by atoms with Crippen LogP contribution in [0.1, 0.15) is 18.9 Å². The summed E-state index contributed by atoms with van der Waals surface area (Å²) in [5, 5.41) is 0. The Balaban J connectivity index is 2.42. The predicted octanol–water partition coefficient (Wildman–Crippen LogP) is 2.27. The first-order valence-electron chi connectivity index (χ1n) is 5.88. The van der Waals surface area contributed by atoms with Gasteiger partial charge in [0.05, 0.1) is 12.7 Å². The molecule has 0 aliphatic carbocycles. The van der Waals surface area contributed by atoms with Crippen LogP contribution in [-0.2, 0) is 4.74 Å². The van der Waals surface area contributed by atoms with Crippen LogP contribution in [0.25, 0.3) is 0 Å². The largest absolute Gasteiger partial charge is 0.493 e. The van der Waals surface area contributed by atoms with Crippen molar-refractivity contribution in [2.24, 2.45) is 5.73 Å².